The van der Waals surface area contributed by atoms with Crippen molar-refractivity contribution in [2.45, 2.75) is 20.3 Å². The lowest BCUT2D eigenvalue weighted by molar-refractivity contribution is -0.130. The molecule has 18 heavy (non-hydrogen) atoms. The first-order valence-corrected chi connectivity index (χ1v) is 6.14. The van der Waals surface area contributed by atoms with Gasteiger partial charge in [0.1, 0.15) is 0 Å². The molecule has 1 rings (SSSR count). The number of rotatable bonds is 6. The van der Waals surface area contributed by atoms with E-state index in [4.69, 9.17) is 5.11 Å². The molecule has 0 aliphatic rings. The van der Waals surface area contributed by atoms with Gasteiger partial charge in [-0.15, -0.1) is 6.58 Å². The summed E-state index contributed by atoms with van der Waals surface area (Å²) in [5, 5.41) is 8.95. The molecule has 0 saturated heterocycles. The molecule has 1 amide bonds. The van der Waals surface area contributed by atoms with E-state index in [1.54, 1.807) is 11.0 Å². The molecule has 0 bridgehead atoms. The fraction of sp³-hybridized carbons (Fsp3) is 0.400. The number of carbonyl (C=O) groups is 1. The minimum absolute atomic E-state index is 0.0214. The van der Waals surface area contributed by atoms with Crippen molar-refractivity contribution < 1.29 is 9.90 Å². The summed E-state index contributed by atoms with van der Waals surface area (Å²) >= 11 is 0. The smallest absolute Gasteiger partial charge is 0.227 e. The molecule has 0 atom stereocenters. The summed E-state index contributed by atoms with van der Waals surface area (Å²) in [6.07, 6.45) is 2.05. The van der Waals surface area contributed by atoms with Gasteiger partial charge in [0.05, 0.1) is 13.0 Å². The standard InChI is InChI=1S/C15H21NO2/c1-4-7-16(8-9-17)15(18)11-14-10-12(2)5-6-13(14)3/h4-6,10,17H,1,7-9,11H2,2-3H3. The van der Waals surface area contributed by atoms with E-state index in [0.717, 1.165) is 16.7 Å². The van der Waals surface area contributed by atoms with Gasteiger partial charge in [-0.3, -0.25) is 4.79 Å². The van der Waals surface area contributed by atoms with Crippen LogP contribution < -0.4 is 0 Å². The third-order valence-electron chi connectivity index (χ3n) is 2.92. The Labute approximate surface area is 109 Å². The lowest BCUT2D eigenvalue weighted by Crippen LogP contribution is -2.34. The highest BCUT2D eigenvalue weighted by atomic mass is 16.3. The Morgan fingerprint density at radius 3 is 2.78 bits per heavy atom. The van der Waals surface area contributed by atoms with Gasteiger partial charge in [-0.25, -0.2) is 0 Å². The number of amides is 1. The van der Waals surface area contributed by atoms with Crippen molar-refractivity contribution in [1.29, 1.82) is 0 Å². The van der Waals surface area contributed by atoms with Crippen LogP contribution in [0.15, 0.2) is 30.9 Å². The molecule has 0 aliphatic carbocycles. The molecule has 0 unspecified atom stereocenters. The zero-order valence-corrected chi connectivity index (χ0v) is 11.1. The second-order valence-electron chi connectivity index (χ2n) is 4.46. The van der Waals surface area contributed by atoms with Crippen molar-refractivity contribution in [2.75, 3.05) is 19.7 Å². The lowest BCUT2D eigenvalue weighted by atomic mass is 10.0. The minimum atomic E-state index is -0.0214. The number of aliphatic hydroxyl groups excluding tert-OH is 1. The molecule has 0 radical (unpaired) electrons. The van der Waals surface area contributed by atoms with Gasteiger partial charge in [-0.1, -0.05) is 29.8 Å². The molecule has 3 nitrogen and oxygen atoms in total. The molecule has 1 aromatic rings. The number of benzene rings is 1. The molecule has 3 heteroatoms. The molecule has 0 aromatic heterocycles. The molecule has 1 aromatic carbocycles. The molecule has 0 spiro atoms. The summed E-state index contributed by atoms with van der Waals surface area (Å²) in [6, 6.07) is 6.11. The predicted octanol–water partition coefficient (Wildman–Crippen LogP) is 1.85. The van der Waals surface area contributed by atoms with E-state index in [1.807, 2.05) is 32.0 Å². The maximum atomic E-state index is 12.1. The number of nitrogens with zero attached hydrogens (tertiary/aromatic N) is 1. The fourth-order valence-electron chi connectivity index (χ4n) is 1.86. The van der Waals surface area contributed by atoms with Crippen LogP contribution in [-0.2, 0) is 11.2 Å². The van der Waals surface area contributed by atoms with Gasteiger partial charge in [-0.05, 0) is 25.0 Å². The minimum Gasteiger partial charge on any atom is -0.395 e. The normalized spacial score (nSPS) is 10.2. The van der Waals surface area contributed by atoms with Crippen LogP contribution in [0.5, 0.6) is 0 Å². The molecule has 0 fully saturated rings. The number of aliphatic hydroxyl groups is 1. The predicted molar refractivity (Wildman–Crippen MR) is 73.5 cm³/mol. The van der Waals surface area contributed by atoms with Crippen LogP contribution in [0, 0.1) is 13.8 Å². The van der Waals surface area contributed by atoms with Crippen LogP contribution in [0.25, 0.3) is 0 Å². The van der Waals surface area contributed by atoms with E-state index < -0.39 is 0 Å². The fourth-order valence-corrected chi connectivity index (χ4v) is 1.86. The Morgan fingerprint density at radius 2 is 2.17 bits per heavy atom. The van der Waals surface area contributed by atoms with Crippen LogP contribution in [0.2, 0.25) is 0 Å². The first-order chi connectivity index (χ1) is 8.58. The van der Waals surface area contributed by atoms with Crippen molar-refractivity contribution in [3.8, 4) is 0 Å². The van der Waals surface area contributed by atoms with E-state index in [-0.39, 0.29) is 12.5 Å². The van der Waals surface area contributed by atoms with Crippen molar-refractivity contribution in [3.05, 3.63) is 47.5 Å². The van der Waals surface area contributed by atoms with Gasteiger partial charge in [0.2, 0.25) is 5.91 Å². The van der Waals surface area contributed by atoms with E-state index in [1.165, 1.54) is 0 Å². The summed E-state index contributed by atoms with van der Waals surface area (Å²) in [4.78, 5) is 13.7. The van der Waals surface area contributed by atoms with Crippen molar-refractivity contribution >= 4 is 5.91 Å². The van der Waals surface area contributed by atoms with E-state index in [2.05, 4.69) is 6.58 Å². The summed E-state index contributed by atoms with van der Waals surface area (Å²) < 4.78 is 0. The van der Waals surface area contributed by atoms with Crippen molar-refractivity contribution in [1.82, 2.24) is 4.90 Å². The van der Waals surface area contributed by atoms with Gasteiger partial charge in [0.25, 0.3) is 0 Å². The zero-order valence-electron chi connectivity index (χ0n) is 11.1. The summed E-state index contributed by atoms with van der Waals surface area (Å²) in [6.45, 7) is 8.46. The Balaban J connectivity index is 2.78. The van der Waals surface area contributed by atoms with Crippen LogP contribution >= 0.6 is 0 Å². The molecule has 98 valence electrons. The molecular formula is C15H21NO2. The van der Waals surface area contributed by atoms with Gasteiger partial charge >= 0.3 is 0 Å². The molecule has 1 N–H and O–H groups in total. The molecule has 0 saturated carbocycles. The van der Waals surface area contributed by atoms with Crippen LogP contribution in [-0.4, -0.2) is 35.6 Å². The molecule has 0 heterocycles. The highest BCUT2D eigenvalue weighted by Crippen LogP contribution is 2.12. The van der Waals surface area contributed by atoms with Crippen LogP contribution in [0.3, 0.4) is 0 Å². The van der Waals surface area contributed by atoms with Gasteiger partial charge in [0.15, 0.2) is 0 Å². The SMILES string of the molecule is C=CCN(CCO)C(=O)Cc1cc(C)ccc1C. The molecule has 0 aliphatic heterocycles. The lowest BCUT2D eigenvalue weighted by Gasteiger charge is -2.20. The highest BCUT2D eigenvalue weighted by molar-refractivity contribution is 5.79. The third kappa shape index (κ3) is 4.00. The number of aryl methyl sites for hydroxylation is 2. The summed E-state index contributed by atoms with van der Waals surface area (Å²) in [5.74, 6) is 0.0256. The Morgan fingerprint density at radius 1 is 1.44 bits per heavy atom. The van der Waals surface area contributed by atoms with Crippen LogP contribution in [0.4, 0.5) is 0 Å². The van der Waals surface area contributed by atoms with E-state index >= 15 is 0 Å². The largest absolute Gasteiger partial charge is 0.395 e. The average Bonchev–Trinajstić information content (AvgIpc) is 2.33. The average molecular weight is 247 g/mol. The second-order valence-corrected chi connectivity index (χ2v) is 4.46. The van der Waals surface area contributed by atoms with Crippen molar-refractivity contribution in [2.24, 2.45) is 0 Å². The second kappa shape index (κ2) is 6.97. The number of carbonyl (C=O) groups excluding carboxylic acids is 1. The third-order valence-corrected chi connectivity index (χ3v) is 2.92. The number of hydrogen-bond donors (Lipinski definition) is 1. The number of hydrogen-bond acceptors (Lipinski definition) is 2. The highest BCUT2D eigenvalue weighted by Gasteiger charge is 2.13. The molecular weight excluding hydrogens is 226 g/mol. The van der Waals surface area contributed by atoms with Crippen LogP contribution in [0.1, 0.15) is 16.7 Å². The Hall–Kier alpha value is -1.61. The monoisotopic (exact) mass is 247 g/mol. The van der Waals surface area contributed by atoms with E-state index in [9.17, 15) is 4.79 Å². The van der Waals surface area contributed by atoms with Gasteiger partial charge in [-0.2, -0.15) is 0 Å². The maximum absolute atomic E-state index is 12.1. The Kier molecular flexibility index (Phi) is 5.59. The van der Waals surface area contributed by atoms with Gasteiger partial charge in [0, 0.05) is 13.1 Å². The maximum Gasteiger partial charge on any atom is 0.227 e. The first-order valence-electron chi connectivity index (χ1n) is 6.14. The van der Waals surface area contributed by atoms with Gasteiger partial charge < -0.3 is 10.0 Å². The van der Waals surface area contributed by atoms with E-state index in [0.29, 0.717) is 19.5 Å². The Bertz CT molecular complexity index is 427. The zero-order chi connectivity index (χ0) is 13.5. The quantitative estimate of drug-likeness (QED) is 0.779. The summed E-state index contributed by atoms with van der Waals surface area (Å²) in [5.41, 5.74) is 3.32. The van der Waals surface area contributed by atoms with Crippen molar-refractivity contribution in [3.63, 3.8) is 0 Å². The topological polar surface area (TPSA) is 40.5 Å². The first kappa shape index (κ1) is 14.5. The summed E-state index contributed by atoms with van der Waals surface area (Å²) in [7, 11) is 0.